The van der Waals surface area contributed by atoms with Gasteiger partial charge in [0, 0.05) is 13.1 Å². The van der Waals surface area contributed by atoms with Crippen LogP contribution in [0.1, 0.15) is 40.0 Å². The molecule has 6 heteroatoms. The quantitative estimate of drug-likeness (QED) is 0.693. The Morgan fingerprint density at radius 3 is 2.25 bits per heavy atom. The molecule has 4 N–H and O–H groups in total. The molecule has 2 atom stereocenters. The van der Waals surface area contributed by atoms with E-state index in [0.717, 1.165) is 12.8 Å². The van der Waals surface area contributed by atoms with Crippen LogP contribution in [0, 0.1) is 11.8 Å². The fourth-order valence-electron chi connectivity index (χ4n) is 2.69. The molecule has 2 unspecified atom stereocenters. The molecule has 1 heterocycles. The van der Waals surface area contributed by atoms with Crippen LogP contribution in [0.3, 0.4) is 0 Å². The summed E-state index contributed by atoms with van der Waals surface area (Å²) >= 11 is 0. The predicted molar refractivity (Wildman–Crippen MR) is 76.9 cm³/mol. The van der Waals surface area contributed by atoms with E-state index < -0.39 is 12.1 Å². The molecule has 116 valence electrons. The number of carbonyl (C=O) groups excluding carboxylic acids is 2. The average Bonchev–Trinajstić information content (AvgIpc) is 2.36. The highest BCUT2D eigenvalue weighted by Crippen LogP contribution is 2.21. The Bertz CT molecular complexity index is 337. The standard InChI is InChI=1S/C14H27N3O3/c1-9(2)8-12(16-14(15)20)13(19)17-6-4-11(5-7-17)10(3)18/h9-12,18H,4-8H2,1-3H3,(H3,15,16,20). The topological polar surface area (TPSA) is 95.7 Å². The van der Waals surface area contributed by atoms with Gasteiger partial charge in [-0.2, -0.15) is 0 Å². The first kappa shape index (κ1) is 16.8. The summed E-state index contributed by atoms with van der Waals surface area (Å²) < 4.78 is 0. The van der Waals surface area contributed by atoms with Crippen molar-refractivity contribution in [1.82, 2.24) is 10.2 Å². The number of carbonyl (C=O) groups is 2. The fourth-order valence-corrected chi connectivity index (χ4v) is 2.69. The van der Waals surface area contributed by atoms with E-state index in [1.807, 2.05) is 13.8 Å². The number of aliphatic hydroxyl groups excluding tert-OH is 1. The number of likely N-dealkylation sites (tertiary alicyclic amines) is 1. The Hall–Kier alpha value is -1.30. The lowest BCUT2D eigenvalue weighted by molar-refractivity contribution is -0.135. The minimum Gasteiger partial charge on any atom is -0.393 e. The van der Waals surface area contributed by atoms with E-state index >= 15 is 0 Å². The number of hydrogen-bond acceptors (Lipinski definition) is 3. The molecule has 0 radical (unpaired) electrons. The van der Waals surface area contributed by atoms with Gasteiger partial charge in [-0.25, -0.2) is 4.79 Å². The van der Waals surface area contributed by atoms with Gasteiger partial charge in [-0.15, -0.1) is 0 Å². The number of hydrogen-bond donors (Lipinski definition) is 3. The number of aliphatic hydroxyl groups is 1. The summed E-state index contributed by atoms with van der Waals surface area (Å²) in [6.07, 6.45) is 1.85. The first-order valence-corrected chi connectivity index (χ1v) is 7.34. The van der Waals surface area contributed by atoms with Crippen molar-refractivity contribution in [2.24, 2.45) is 17.6 Å². The van der Waals surface area contributed by atoms with Gasteiger partial charge in [0.25, 0.3) is 0 Å². The van der Waals surface area contributed by atoms with Gasteiger partial charge in [0.1, 0.15) is 6.04 Å². The van der Waals surface area contributed by atoms with Crippen LogP contribution in [0.4, 0.5) is 4.79 Å². The molecule has 1 aliphatic rings. The van der Waals surface area contributed by atoms with Crippen LogP contribution < -0.4 is 11.1 Å². The third-order valence-corrected chi connectivity index (χ3v) is 3.86. The summed E-state index contributed by atoms with van der Waals surface area (Å²) in [5.41, 5.74) is 5.14. The Labute approximate surface area is 120 Å². The third kappa shape index (κ3) is 5.00. The van der Waals surface area contributed by atoms with Gasteiger partial charge in [-0.1, -0.05) is 13.8 Å². The first-order chi connectivity index (χ1) is 9.31. The molecule has 0 aliphatic carbocycles. The summed E-state index contributed by atoms with van der Waals surface area (Å²) in [5, 5.41) is 12.1. The number of urea groups is 1. The molecular formula is C14H27N3O3. The normalized spacial score (nSPS) is 19.8. The van der Waals surface area contributed by atoms with E-state index in [2.05, 4.69) is 5.32 Å². The van der Waals surface area contributed by atoms with E-state index in [-0.39, 0.29) is 17.9 Å². The van der Waals surface area contributed by atoms with E-state index in [1.54, 1.807) is 11.8 Å². The van der Waals surface area contributed by atoms with Crippen molar-refractivity contribution in [3.63, 3.8) is 0 Å². The molecular weight excluding hydrogens is 258 g/mol. The zero-order valence-electron chi connectivity index (χ0n) is 12.6. The Morgan fingerprint density at radius 2 is 1.85 bits per heavy atom. The van der Waals surface area contributed by atoms with Crippen molar-refractivity contribution in [3.8, 4) is 0 Å². The van der Waals surface area contributed by atoms with Crippen LogP contribution in [-0.4, -0.2) is 47.2 Å². The van der Waals surface area contributed by atoms with Gasteiger partial charge >= 0.3 is 6.03 Å². The molecule has 1 aliphatic heterocycles. The lowest BCUT2D eigenvalue weighted by Crippen LogP contribution is -2.52. The van der Waals surface area contributed by atoms with Gasteiger partial charge < -0.3 is 21.1 Å². The van der Waals surface area contributed by atoms with Crippen LogP contribution >= 0.6 is 0 Å². The average molecular weight is 285 g/mol. The number of primary amides is 1. The molecule has 0 spiro atoms. The maximum absolute atomic E-state index is 12.4. The number of piperidine rings is 1. The molecule has 0 aromatic rings. The highest BCUT2D eigenvalue weighted by Gasteiger charge is 2.30. The van der Waals surface area contributed by atoms with Crippen molar-refractivity contribution in [2.75, 3.05) is 13.1 Å². The lowest BCUT2D eigenvalue weighted by Gasteiger charge is -2.35. The van der Waals surface area contributed by atoms with Crippen molar-refractivity contribution in [1.29, 1.82) is 0 Å². The molecule has 3 amide bonds. The number of amides is 3. The summed E-state index contributed by atoms with van der Waals surface area (Å²) in [7, 11) is 0. The van der Waals surface area contributed by atoms with Gasteiger partial charge in [-0.05, 0) is 38.0 Å². The van der Waals surface area contributed by atoms with E-state index in [4.69, 9.17) is 5.73 Å². The summed E-state index contributed by atoms with van der Waals surface area (Å²) in [6.45, 7) is 7.05. The zero-order chi connectivity index (χ0) is 15.3. The fraction of sp³-hybridized carbons (Fsp3) is 0.857. The Balaban J connectivity index is 2.59. The highest BCUT2D eigenvalue weighted by atomic mass is 16.3. The maximum atomic E-state index is 12.4. The smallest absolute Gasteiger partial charge is 0.312 e. The molecule has 0 bridgehead atoms. The second-order valence-corrected chi connectivity index (χ2v) is 6.09. The lowest BCUT2D eigenvalue weighted by atomic mass is 9.91. The van der Waals surface area contributed by atoms with Crippen LogP contribution in [0.2, 0.25) is 0 Å². The second-order valence-electron chi connectivity index (χ2n) is 6.09. The van der Waals surface area contributed by atoms with Gasteiger partial charge in [0.2, 0.25) is 5.91 Å². The molecule has 0 aromatic heterocycles. The number of nitrogens with two attached hydrogens (primary N) is 1. The molecule has 20 heavy (non-hydrogen) atoms. The highest BCUT2D eigenvalue weighted by molar-refractivity contribution is 5.86. The Morgan fingerprint density at radius 1 is 1.30 bits per heavy atom. The first-order valence-electron chi connectivity index (χ1n) is 7.34. The van der Waals surface area contributed by atoms with E-state index in [1.165, 1.54) is 0 Å². The summed E-state index contributed by atoms with van der Waals surface area (Å²) in [6, 6.07) is -1.21. The molecule has 0 aromatic carbocycles. The van der Waals surface area contributed by atoms with Crippen LogP contribution in [0.15, 0.2) is 0 Å². The third-order valence-electron chi connectivity index (χ3n) is 3.86. The monoisotopic (exact) mass is 285 g/mol. The largest absolute Gasteiger partial charge is 0.393 e. The van der Waals surface area contributed by atoms with Crippen molar-refractivity contribution < 1.29 is 14.7 Å². The van der Waals surface area contributed by atoms with Crippen molar-refractivity contribution in [3.05, 3.63) is 0 Å². The second kappa shape index (κ2) is 7.47. The Kier molecular flexibility index (Phi) is 6.26. The van der Waals surface area contributed by atoms with Crippen molar-refractivity contribution in [2.45, 2.75) is 52.2 Å². The SMILES string of the molecule is CC(C)CC(NC(N)=O)C(=O)N1CCC(C(C)O)CC1. The number of nitrogens with zero attached hydrogens (tertiary/aromatic N) is 1. The van der Waals surface area contributed by atoms with Gasteiger partial charge in [-0.3, -0.25) is 4.79 Å². The van der Waals surface area contributed by atoms with Gasteiger partial charge in [0.15, 0.2) is 0 Å². The molecule has 1 fully saturated rings. The van der Waals surface area contributed by atoms with Crippen LogP contribution in [0.5, 0.6) is 0 Å². The number of rotatable bonds is 5. The number of nitrogens with one attached hydrogen (secondary N) is 1. The summed E-state index contributed by atoms with van der Waals surface area (Å²) in [5.74, 6) is 0.485. The molecule has 6 nitrogen and oxygen atoms in total. The van der Waals surface area contributed by atoms with Crippen LogP contribution in [-0.2, 0) is 4.79 Å². The predicted octanol–water partition coefficient (Wildman–Crippen LogP) is 0.689. The van der Waals surface area contributed by atoms with E-state index in [0.29, 0.717) is 25.4 Å². The molecule has 1 rings (SSSR count). The van der Waals surface area contributed by atoms with Crippen LogP contribution in [0.25, 0.3) is 0 Å². The zero-order valence-corrected chi connectivity index (χ0v) is 12.6. The minimum absolute atomic E-state index is 0.0680. The molecule has 0 saturated carbocycles. The van der Waals surface area contributed by atoms with E-state index in [9.17, 15) is 14.7 Å². The molecule has 1 saturated heterocycles. The maximum Gasteiger partial charge on any atom is 0.312 e. The van der Waals surface area contributed by atoms with Gasteiger partial charge in [0.05, 0.1) is 6.10 Å². The summed E-state index contributed by atoms with van der Waals surface area (Å²) in [4.78, 5) is 25.2. The van der Waals surface area contributed by atoms with Crippen molar-refractivity contribution >= 4 is 11.9 Å². The minimum atomic E-state index is -0.664.